The molecule has 1 heterocycles. The van der Waals surface area contributed by atoms with Crippen molar-refractivity contribution in [3.63, 3.8) is 0 Å². The molecule has 2 aromatic carbocycles. The van der Waals surface area contributed by atoms with E-state index in [1.54, 1.807) is 5.56 Å². The molecule has 0 unspecified atom stereocenters. The number of hydrogen-bond acceptors (Lipinski definition) is 1. The van der Waals surface area contributed by atoms with Gasteiger partial charge < -0.3 is 0 Å². The number of rotatable bonds is 2. The Balaban J connectivity index is 2.55. The Morgan fingerprint density at radius 2 is 1.68 bits per heavy atom. The molecule has 0 radical (unpaired) electrons. The van der Waals surface area contributed by atoms with Gasteiger partial charge >= 0.3 is 0 Å². The normalized spacial score (nSPS) is 11.6. The summed E-state index contributed by atoms with van der Waals surface area (Å²) >= 11 is 1.95. The van der Waals surface area contributed by atoms with Crippen molar-refractivity contribution < 1.29 is 0 Å². The molecular weight excluding hydrogens is 248 g/mol. The lowest BCUT2D eigenvalue weighted by Crippen LogP contribution is -1.96. The van der Waals surface area contributed by atoms with Gasteiger partial charge in [0.2, 0.25) is 0 Å². The van der Waals surface area contributed by atoms with E-state index in [0.29, 0.717) is 0 Å². The van der Waals surface area contributed by atoms with Gasteiger partial charge in [0.25, 0.3) is 0 Å². The highest BCUT2D eigenvalue weighted by molar-refractivity contribution is 7.26. The molecule has 1 heteroatoms. The maximum atomic E-state index is 2.29. The summed E-state index contributed by atoms with van der Waals surface area (Å²) in [5.41, 5.74) is 6.00. The third-order valence-corrected chi connectivity index (χ3v) is 5.61. The summed E-state index contributed by atoms with van der Waals surface area (Å²) < 4.78 is 2.91. The summed E-state index contributed by atoms with van der Waals surface area (Å²) in [6.45, 7) is 9.11. The third kappa shape index (κ3) is 1.80. The lowest BCUT2D eigenvalue weighted by molar-refractivity contribution is 0.918. The van der Waals surface area contributed by atoms with Crippen LogP contribution < -0.4 is 0 Å². The maximum Gasteiger partial charge on any atom is 0.0390 e. The second kappa shape index (κ2) is 4.64. The van der Waals surface area contributed by atoms with Crippen molar-refractivity contribution in [2.45, 2.75) is 40.5 Å². The highest BCUT2D eigenvalue weighted by Crippen LogP contribution is 2.41. The molecule has 0 aliphatic carbocycles. The average molecular weight is 268 g/mol. The fraction of sp³-hybridized carbons (Fsp3) is 0.333. The van der Waals surface area contributed by atoms with E-state index in [9.17, 15) is 0 Å². The molecule has 19 heavy (non-hydrogen) atoms. The predicted molar refractivity (Wildman–Crippen MR) is 87.5 cm³/mol. The number of fused-ring (bicyclic) bond motifs is 3. The third-order valence-electron chi connectivity index (χ3n) is 4.32. The molecule has 0 saturated carbocycles. The van der Waals surface area contributed by atoms with Gasteiger partial charge in [-0.25, -0.2) is 0 Å². The van der Waals surface area contributed by atoms with Crippen LogP contribution in [0.1, 0.15) is 35.6 Å². The van der Waals surface area contributed by atoms with Crippen LogP contribution in [0.15, 0.2) is 24.3 Å². The van der Waals surface area contributed by atoms with E-state index in [0.717, 1.165) is 0 Å². The van der Waals surface area contributed by atoms with Gasteiger partial charge in [0.15, 0.2) is 0 Å². The highest BCUT2D eigenvalue weighted by atomic mass is 32.1. The Morgan fingerprint density at radius 1 is 0.947 bits per heavy atom. The molecule has 3 aromatic rings. The summed E-state index contributed by atoms with van der Waals surface area (Å²) in [7, 11) is 0. The minimum Gasteiger partial charge on any atom is -0.135 e. The minimum atomic E-state index is 1.18. The Hall–Kier alpha value is -1.34. The van der Waals surface area contributed by atoms with Gasteiger partial charge in [-0.2, -0.15) is 0 Å². The molecular formula is C18H20S. The number of thiophene rings is 1. The van der Waals surface area contributed by atoms with Gasteiger partial charge in [0.1, 0.15) is 0 Å². The van der Waals surface area contributed by atoms with Crippen molar-refractivity contribution in [1.82, 2.24) is 0 Å². The Kier molecular flexibility index (Phi) is 3.10. The van der Waals surface area contributed by atoms with Gasteiger partial charge in [-0.15, -0.1) is 11.3 Å². The van der Waals surface area contributed by atoms with E-state index >= 15 is 0 Å². The second-order valence-corrected chi connectivity index (χ2v) is 6.46. The lowest BCUT2D eigenvalue weighted by atomic mass is 9.91. The molecule has 3 rings (SSSR count). The van der Waals surface area contributed by atoms with Crippen LogP contribution in [0, 0.1) is 20.8 Å². The molecule has 0 nitrogen and oxygen atoms in total. The van der Waals surface area contributed by atoms with Crippen molar-refractivity contribution in [3.05, 3.63) is 46.5 Å². The Labute approximate surface area is 119 Å². The van der Waals surface area contributed by atoms with Crippen LogP contribution >= 0.6 is 11.3 Å². The van der Waals surface area contributed by atoms with E-state index in [1.807, 2.05) is 11.3 Å². The van der Waals surface area contributed by atoms with Gasteiger partial charge in [-0.3, -0.25) is 0 Å². The first kappa shape index (κ1) is 12.7. The monoisotopic (exact) mass is 268 g/mol. The largest absolute Gasteiger partial charge is 0.135 e. The van der Waals surface area contributed by atoms with Crippen LogP contribution in [0.4, 0.5) is 0 Å². The summed E-state index contributed by atoms with van der Waals surface area (Å²) in [5.74, 6) is 0. The maximum absolute atomic E-state index is 2.29. The fourth-order valence-corrected chi connectivity index (χ4v) is 4.32. The first-order valence-electron chi connectivity index (χ1n) is 7.05. The molecule has 0 bridgehead atoms. The van der Waals surface area contributed by atoms with Crippen LogP contribution in [0.3, 0.4) is 0 Å². The SMILES string of the molecule is CCCc1c(C)c(C)c(C)c2sc3ccccc3c12. The highest BCUT2D eigenvalue weighted by Gasteiger charge is 2.15. The average Bonchev–Trinajstić information content (AvgIpc) is 2.81. The van der Waals surface area contributed by atoms with Crippen molar-refractivity contribution >= 4 is 31.5 Å². The zero-order chi connectivity index (χ0) is 13.6. The standard InChI is InChI=1S/C18H20S/c1-5-8-14-12(3)11(2)13(4)18-17(14)15-9-6-7-10-16(15)19-18/h6-7,9-10H,5,8H2,1-4H3. The Bertz CT molecular complexity index is 762. The summed E-state index contributed by atoms with van der Waals surface area (Å²) in [6.07, 6.45) is 2.40. The molecule has 0 aliphatic heterocycles. The number of hydrogen-bond donors (Lipinski definition) is 0. The first-order valence-corrected chi connectivity index (χ1v) is 7.86. The molecule has 98 valence electrons. The second-order valence-electron chi connectivity index (χ2n) is 5.41. The van der Waals surface area contributed by atoms with Crippen molar-refractivity contribution in [1.29, 1.82) is 0 Å². The quantitative estimate of drug-likeness (QED) is 0.540. The number of benzene rings is 2. The predicted octanol–water partition coefficient (Wildman–Crippen LogP) is 5.93. The minimum absolute atomic E-state index is 1.18. The molecule has 0 N–H and O–H groups in total. The summed E-state index contributed by atoms with van der Waals surface area (Å²) in [4.78, 5) is 0. The van der Waals surface area contributed by atoms with Crippen LogP contribution in [0.25, 0.3) is 20.2 Å². The van der Waals surface area contributed by atoms with Crippen LogP contribution in [-0.2, 0) is 6.42 Å². The molecule has 0 saturated heterocycles. The summed E-state index contributed by atoms with van der Waals surface area (Å²) in [6, 6.07) is 8.84. The zero-order valence-corrected chi connectivity index (χ0v) is 12.9. The molecule has 0 spiro atoms. The van der Waals surface area contributed by atoms with Crippen molar-refractivity contribution in [2.24, 2.45) is 0 Å². The van der Waals surface area contributed by atoms with Crippen LogP contribution in [0.2, 0.25) is 0 Å². The van der Waals surface area contributed by atoms with E-state index in [2.05, 4.69) is 52.0 Å². The molecule has 1 aromatic heterocycles. The van der Waals surface area contributed by atoms with E-state index in [-0.39, 0.29) is 0 Å². The van der Waals surface area contributed by atoms with Crippen LogP contribution in [-0.4, -0.2) is 0 Å². The fourth-order valence-electron chi connectivity index (χ4n) is 3.04. The molecule has 0 amide bonds. The van der Waals surface area contributed by atoms with E-state index in [1.165, 1.54) is 49.7 Å². The first-order chi connectivity index (χ1) is 9.15. The summed E-state index contributed by atoms with van der Waals surface area (Å²) in [5, 5.41) is 2.96. The number of aryl methyl sites for hydroxylation is 2. The zero-order valence-electron chi connectivity index (χ0n) is 12.1. The van der Waals surface area contributed by atoms with Gasteiger partial charge in [-0.05, 0) is 55.5 Å². The van der Waals surface area contributed by atoms with Gasteiger partial charge in [0, 0.05) is 20.2 Å². The molecule has 0 fully saturated rings. The van der Waals surface area contributed by atoms with E-state index in [4.69, 9.17) is 0 Å². The van der Waals surface area contributed by atoms with Gasteiger partial charge in [0.05, 0.1) is 0 Å². The Morgan fingerprint density at radius 3 is 2.42 bits per heavy atom. The smallest absolute Gasteiger partial charge is 0.0390 e. The molecule has 0 aliphatic rings. The topological polar surface area (TPSA) is 0 Å². The van der Waals surface area contributed by atoms with Crippen molar-refractivity contribution in [2.75, 3.05) is 0 Å². The molecule has 0 atom stereocenters. The van der Waals surface area contributed by atoms with Gasteiger partial charge in [-0.1, -0.05) is 31.5 Å². The van der Waals surface area contributed by atoms with Crippen molar-refractivity contribution in [3.8, 4) is 0 Å². The van der Waals surface area contributed by atoms with Crippen LogP contribution in [0.5, 0.6) is 0 Å². The van der Waals surface area contributed by atoms with E-state index < -0.39 is 0 Å². The lowest BCUT2D eigenvalue weighted by Gasteiger charge is -2.14.